The Balaban J connectivity index is 1.81. The van der Waals surface area contributed by atoms with Crippen molar-refractivity contribution in [3.8, 4) is 0 Å². The van der Waals surface area contributed by atoms with E-state index in [-0.39, 0.29) is 0 Å². The van der Waals surface area contributed by atoms with Crippen molar-refractivity contribution in [1.82, 2.24) is 10.6 Å². The lowest BCUT2D eigenvalue weighted by Gasteiger charge is -2.36. The molecular weight excluding hydrogens is 232 g/mol. The predicted molar refractivity (Wildman–Crippen MR) is 73.7 cm³/mol. The molecule has 1 heterocycles. The highest BCUT2D eigenvalue weighted by Crippen LogP contribution is 2.30. The van der Waals surface area contributed by atoms with Crippen molar-refractivity contribution in [3.05, 3.63) is 0 Å². The molecule has 2 rings (SSSR count). The van der Waals surface area contributed by atoms with E-state index in [2.05, 4.69) is 10.6 Å². The summed E-state index contributed by atoms with van der Waals surface area (Å²) >= 11 is 0. The molecule has 0 radical (unpaired) electrons. The molecule has 0 spiro atoms. The normalized spacial score (nSPS) is 35.9. The first-order valence-electron chi connectivity index (χ1n) is 7.04. The average molecular weight is 258 g/mol. The van der Waals surface area contributed by atoms with E-state index in [9.17, 15) is 4.21 Å². The smallest absolute Gasteiger partial charge is 0.0357 e. The molecule has 2 fully saturated rings. The summed E-state index contributed by atoms with van der Waals surface area (Å²) in [4.78, 5) is 0. The van der Waals surface area contributed by atoms with E-state index in [1.165, 1.54) is 45.1 Å². The van der Waals surface area contributed by atoms with Gasteiger partial charge in [-0.1, -0.05) is 12.8 Å². The van der Waals surface area contributed by atoms with Crippen LogP contribution in [0.1, 0.15) is 38.5 Å². The summed E-state index contributed by atoms with van der Waals surface area (Å²) in [5.41, 5.74) is 0. The Morgan fingerprint density at radius 1 is 1.24 bits per heavy atom. The molecule has 4 atom stereocenters. The van der Waals surface area contributed by atoms with Gasteiger partial charge < -0.3 is 10.6 Å². The lowest BCUT2D eigenvalue weighted by atomic mass is 9.79. The van der Waals surface area contributed by atoms with Crippen LogP contribution in [0, 0.1) is 5.92 Å². The van der Waals surface area contributed by atoms with Crippen LogP contribution in [0.2, 0.25) is 0 Å². The van der Waals surface area contributed by atoms with Crippen molar-refractivity contribution < 1.29 is 4.21 Å². The second-order valence-electron chi connectivity index (χ2n) is 5.49. The van der Waals surface area contributed by atoms with E-state index in [0.29, 0.717) is 6.04 Å². The van der Waals surface area contributed by atoms with Crippen LogP contribution in [0.4, 0.5) is 0 Å². The highest BCUT2D eigenvalue weighted by atomic mass is 32.2. The summed E-state index contributed by atoms with van der Waals surface area (Å²) in [5.74, 6) is 1.60. The van der Waals surface area contributed by atoms with E-state index in [1.54, 1.807) is 6.26 Å². The molecular formula is C13H26N2OS. The Labute approximate surface area is 108 Å². The van der Waals surface area contributed by atoms with Crippen molar-refractivity contribution in [2.24, 2.45) is 5.92 Å². The third-order valence-electron chi connectivity index (χ3n) is 4.23. The molecule has 1 aliphatic carbocycles. The van der Waals surface area contributed by atoms with Gasteiger partial charge in [-0.2, -0.15) is 0 Å². The van der Waals surface area contributed by atoms with Crippen LogP contribution < -0.4 is 10.6 Å². The summed E-state index contributed by atoms with van der Waals surface area (Å²) in [6.07, 6.45) is 9.90. The predicted octanol–water partition coefficient (Wildman–Crippen LogP) is 1.27. The van der Waals surface area contributed by atoms with Crippen LogP contribution in [-0.4, -0.2) is 41.4 Å². The zero-order chi connectivity index (χ0) is 12.1. The zero-order valence-corrected chi connectivity index (χ0v) is 11.7. The highest BCUT2D eigenvalue weighted by Gasteiger charge is 2.32. The molecule has 2 aliphatic rings. The molecule has 4 unspecified atom stereocenters. The third-order valence-corrected chi connectivity index (χ3v) is 5.01. The van der Waals surface area contributed by atoms with E-state index in [0.717, 1.165) is 24.3 Å². The second-order valence-corrected chi connectivity index (χ2v) is 7.04. The van der Waals surface area contributed by atoms with Gasteiger partial charge in [0.1, 0.15) is 0 Å². The van der Waals surface area contributed by atoms with Gasteiger partial charge in [0.25, 0.3) is 0 Å². The molecule has 4 heteroatoms. The van der Waals surface area contributed by atoms with Gasteiger partial charge in [-0.15, -0.1) is 0 Å². The SMILES string of the molecule is CS(=O)CCNC1CCCCC1C1CCCN1. The molecule has 0 bridgehead atoms. The molecule has 1 saturated heterocycles. The van der Waals surface area contributed by atoms with Gasteiger partial charge >= 0.3 is 0 Å². The van der Waals surface area contributed by atoms with Crippen LogP contribution in [-0.2, 0) is 10.8 Å². The minimum Gasteiger partial charge on any atom is -0.314 e. The maximum atomic E-state index is 11.1. The molecule has 2 N–H and O–H groups in total. The second kappa shape index (κ2) is 6.86. The lowest BCUT2D eigenvalue weighted by molar-refractivity contribution is 0.217. The van der Waals surface area contributed by atoms with Crippen LogP contribution in [0.3, 0.4) is 0 Å². The Bertz CT molecular complexity index is 254. The Morgan fingerprint density at radius 2 is 2.06 bits per heavy atom. The highest BCUT2D eigenvalue weighted by molar-refractivity contribution is 7.84. The van der Waals surface area contributed by atoms with Crippen LogP contribution >= 0.6 is 0 Å². The van der Waals surface area contributed by atoms with Crippen molar-refractivity contribution in [3.63, 3.8) is 0 Å². The van der Waals surface area contributed by atoms with Crippen molar-refractivity contribution in [2.45, 2.75) is 50.6 Å². The fourth-order valence-corrected chi connectivity index (χ4v) is 3.76. The standard InChI is InChI=1S/C13H26N2OS/c1-17(16)10-9-15-12-6-3-2-5-11(12)13-7-4-8-14-13/h11-15H,2-10H2,1H3. The van der Waals surface area contributed by atoms with Gasteiger partial charge in [0.2, 0.25) is 0 Å². The average Bonchev–Trinajstić information content (AvgIpc) is 2.82. The quantitative estimate of drug-likeness (QED) is 0.780. The molecule has 0 aromatic carbocycles. The maximum Gasteiger partial charge on any atom is 0.0357 e. The minimum atomic E-state index is -0.661. The summed E-state index contributed by atoms with van der Waals surface area (Å²) in [7, 11) is -0.661. The number of hydrogen-bond donors (Lipinski definition) is 2. The monoisotopic (exact) mass is 258 g/mol. The molecule has 1 aliphatic heterocycles. The number of hydrogen-bond acceptors (Lipinski definition) is 3. The molecule has 1 saturated carbocycles. The van der Waals surface area contributed by atoms with Crippen molar-refractivity contribution >= 4 is 10.8 Å². The van der Waals surface area contributed by atoms with Crippen molar-refractivity contribution in [1.29, 1.82) is 0 Å². The fourth-order valence-electron chi connectivity index (χ4n) is 3.36. The lowest BCUT2D eigenvalue weighted by Crippen LogP contribution is -2.47. The molecule has 0 aromatic rings. The van der Waals surface area contributed by atoms with Gasteiger partial charge in [0.15, 0.2) is 0 Å². The summed E-state index contributed by atoms with van der Waals surface area (Å²) in [6.45, 7) is 2.11. The van der Waals surface area contributed by atoms with E-state index < -0.39 is 10.8 Å². The van der Waals surface area contributed by atoms with Gasteiger partial charge in [-0.3, -0.25) is 4.21 Å². The molecule has 17 heavy (non-hydrogen) atoms. The Kier molecular flexibility index (Phi) is 5.45. The zero-order valence-electron chi connectivity index (χ0n) is 10.9. The van der Waals surface area contributed by atoms with Crippen LogP contribution in [0.25, 0.3) is 0 Å². The fraction of sp³-hybridized carbons (Fsp3) is 1.00. The topological polar surface area (TPSA) is 41.1 Å². The third kappa shape index (κ3) is 4.04. The van der Waals surface area contributed by atoms with Gasteiger partial charge in [-0.25, -0.2) is 0 Å². The Hall–Kier alpha value is 0.0700. The molecule has 0 amide bonds. The Morgan fingerprint density at radius 3 is 2.76 bits per heavy atom. The summed E-state index contributed by atoms with van der Waals surface area (Å²) in [6, 6.07) is 1.39. The number of nitrogens with one attached hydrogen (secondary N) is 2. The first-order valence-corrected chi connectivity index (χ1v) is 8.77. The first kappa shape index (κ1) is 13.5. The maximum absolute atomic E-state index is 11.1. The largest absolute Gasteiger partial charge is 0.314 e. The summed E-state index contributed by atoms with van der Waals surface area (Å²) < 4.78 is 11.1. The first-order chi connectivity index (χ1) is 8.27. The van der Waals surface area contributed by atoms with Crippen LogP contribution in [0.5, 0.6) is 0 Å². The van der Waals surface area contributed by atoms with Crippen molar-refractivity contribution in [2.75, 3.05) is 25.1 Å². The molecule has 0 aromatic heterocycles. The van der Waals surface area contributed by atoms with Crippen LogP contribution in [0.15, 0.2) is 0 Å². The van der Waals surface area contributed by atoms with Gasteiger partial charge in [0.05, 0.1) is 0 Å². The summed E-state index contributed by atoms with van der Waals surface area (Å²) in [5, 5.41) is 7.30. The van der Waals surface area contributed by atoms with Gasteiger partial charge in [0, 0.05) is 41.4 Å². The molecule has 3 nitrogen and oxygen atoms in total. The van der Waals surface area contributed by atoms with Gasteiger partial charge in [-0.05, 0) is 38.1 Å². The van der Waals surface area contributed by atoms with E-state index >= 15 is 0 Å². The molecule has 100 valence electrons. The van der Waals surface area contributed by atoms with E-state index in [4.69, 9.17) is 0 Å². The minimum absolute atomic E-state index is 0.655. The number of rotatable bonds is 5. The van der Waals surface area contributed by atoms with E-state index in [1.807, 2.05) is 0 Å².